The summed E-state index contributed by atoms with van der Waals surface area (Å²) in [5.74, 6) is 0. The van der Waals surface area contributed by atoms with Gasteiger partial charge in [-0.25, -0.2) is 9.59 Å². The highest BCUT2D eigenvalue weighted by Gasteiger charge is 2.33. The first-order chi connectivity index (χ1) is 12.2. The maximum Gasteiger partial charge on any atom is 0.407 e. The molecule has 0 aromatic heterocycles. The van der Waals surface area contributed by atoms with Gasteiger partial charge in [0.1, 0.15) is 11.7 Å². The molecule has 0 radical (unpaired) electrons. The lowest BCUT2D eigenvalue weighted by Gasteiger charge is -2.33. The minimum atomic E-state index is -0.828. The molecule has 1 aromatic rings. The number of ether oxygens (including phenoxy) is 2. The molecule has 0 heterocycles. The van der Waals surface area contributed by atoms with E-state index < -0.39 is 30.0 Å². The Morgan fingerprint density at radius 1 is 1.15 bits per heavy atom. The molecule has 0 aliphatic heterocycles. The summed E-state index contributed by atoms with van der Waals surface area (Å²) in [6.45, 7) is 5.74. The lowest BCUT2D eigenvalue weighted by Crippen LogP contribution is -2.48. The average Bonchev–Trinajstić information content (AvgIpc) is 2.55. The third kappa shape index (κ3) is 6.92. The number of rotatable bonds is 4. The number of hydrogen-bond acceptors (Lipinski definition) is 5. The molecule has 1 saturated carbocycles. The predicted molar refractivity (Wildman–Crippen MR) is 96.6 cm³/mol. The van der Waals surface area contributed by atoms with Crippen LogP contribution in [0.1, 0.15) is 45.6 Å². The molecule has 7 nitrogen and oxygen atoms in total. The van der Waals surface area contributed by atoms with Crippen molar-refractivity contribution in [2.24, 2.45) is 0 Å². The average molecular weight is 364 g/mol. The molecule has 1 aliphatic carbocycles. The lowest BCUT2D eigenvalue weighted by atomic mass is 9.90. The van der Waals surface area contributed by atoms with Gasteiger partial charge in [0.2, 0.25) is 0 Å². The Bertz CT molecular complexity index is 600. The van der Waals surface area contributed by atoms with E-state index in [1.165, 1.54) is 0 Å². The van der Waals surface area contributed by atoms with Gasteiger partial charge in [0.05, 0.1) is 6.10 Å². The smallest absolute Gasteiger partial charge is 0.407 e. The third-order valence-corrected chi connectivity index (χ3v) is 4.01. The van der Waals surface area contributed by atoms with Crippen LogP contribution in [0.5, 0.6) is 0 Å². The van der Waals surface area contributed by atoms with Crippen molar-refractivity contribution in [1.82, 2.24) is 10.6 Å². The molecule has 3 N–H and O–H groups in total. The Labute approximate surface area is 154 Å². The van der Waals surface area contributed by atoms with Gasteiger partial charge in [-0.05, 0) is 45.6 Å². The van der Waals surface area contributed by atoms with E-state index in [1.807, 2.05) is 30.3 Å². The molecular formula is C19H28N2O5. The van der Waals surface area contributed by atoms with Crippen LogP contribution in [-0.4, -0.2) is 41.1 Å². The topological polar surface area (TPSA) is 96.9 Å². The number of hydrogen-bond donors (Lipinski definition) is 3. The maximum absolute atomic E-state index is 11.9. The SMILES string of the molecule is CC(C)(C)OC(=O)N[C@@H]1CC[C@@H](OC(=O)NCc2ccccc2)[C@H](O)C1. The van der Waals surface area contributed by atoms with E-state index in [2.05, 4.69) is 10.6 Å². The summed E-state index contributed by atoms with van der Waals surface area (Å²) in [7, 11) is 0. The quantitative estimate of drug-likeness (QED) is 0.763. The second kappa shape index (κ2) is 8.89. The van der Waals surface area contributed by atoms with Gasteiger partial charge < -0.3 is 25.2 Å². The number of alkyl carbamates (subject to hydrolysis) is 2. The van der Waals surface area contributed by atoms with E-state index in [0.29, 0.717) is 25.8 Å². The number of amides is 2. The fourth-order valence-electron chi connectivity index (χ4n) is 2.81. The number of carbonyl (C=O) groups excluding carboxylic acids is 2. The van der Waals surface area contributed by atoms with E-state index in [0.717, 1.165) is 5.56 Å². The van der Waals surface area contributed by atoms with Gasteiger partial charge in [0.15, 0.2) is 0 Å². The van der Waals surface area contributed by atoms with Gasteiger partial charge in [-0.2, -0.15) is 0 Å². The number of benzene rings is 1. The molecule has 144 valence electrons. The molecule has 2 rings (SSSR count). The Hall–Kier alpha value is -2.28. The summed E-state index contributed by atoms with van der Waals surface area (Å²) < 4.78 is 10.5. The van der Waals surface area contributed by atoms with Gasteiger partial charge in [-0.15, -0.1) is 0 Å². The minimum absolute atomic E-state index is 0.202. The van der Waals surface area contributed by atoms with Crippen LogP contribution in [0.2, 0.25) is 0 Å². The normalized spacial score (nSPS) is 23.0. The molecule has 0 unspecified atom stereocenters. The van der Waals surface area contributed by atoms with Crippen LogP contribution in [0, 0.1) is 0 Å². The fourth-order valence-corrected chi connectivity index (χ4v) is 2.81. The molecule has 1 aliphatic rings. The molecule has 2 amide bonds. The van der Waals surface area contributed by atoms with Gasteiger partial charge in [0, 0.05) is 12.6 Å². The molecule has 1 aromatic carbocycles. The standard InChI is InChI=1S/C19H28N2O5/c1-19(2,3)26-18(24)21-14-9-10-16(15(22)11-14)25-17(23)20-12-13-7-5-4-6-8-13/h4-8,14-16,22H,9-12H2,1-3H3,(H,20,23)(H,21,24)/t14-,15-,16-/m1/s1. The largest absolute Gasteiger partial charge is 0.444 e. The van der Waals surface area contributed by atoms with Crippen LogP contribution in [0.3, 0.4) is 0 Å². The molecule has 0 saturated heterocycles. The monoisotopic (exact) mass is 364 g/mol. The summed E-state index contributed by atoms with van der Waals surface area (Å²) in [5.41, 5.74) is 0.398. The highest BCUT2D eigenvalue weighted by atomic mass is 16.6. The fraction of sp³-hybridized carbons (Fsp3) is 0.579. The number of aliphatic hydroxyl groups excluding tert-OH is 1. The molecule has 7 heteroatoms. The number of carbonyl (C=O) groups is 2. The van der Waals surface area contributed by atoms with E-state index in [-0.39, 0.29) is 6.04 Å². The van der Waals surface area contributed by atoms with Crippen LogP contribution in [0.25, 0.3) is 0 Å². The zero-order chi connectivity index (χ0) is 19.2. The predicted octanol–water partition coefficient (Wildman–Crippen LogP) is 2.72. The first-order valence-electron chi connectivity index (χ1n) is 8.89. The van der Waals surface area contributed by atoms with Crippen molar-refractivity contribution in [3.8, 4) is 0 Å². The second-order valence-electron chi connectivity index (χ2n) is 7.51. The van der Waals surface area contributed by atoms with Crippen molar-refractivity contribution in [2.45, 2.75) is 70.4 Å². The van der Waals surface area contributed by atoms with E-state index in [1.54, 1.807) is 20.8 Å². The molecule has 0 bridgehead atoms. The first-order valence-corrected chi connectivity index (χ1v) is 8.89. The molecule has 3 atom stereocenters. The third-order valence-electron chi connectivity index (χ3n) is 4.01. The van der Waals surface area contributed by atoms with Crippen molar-refractivity contribution in [3.63, 3.8) is 0 Å². The van der Waals surface area contributed by atoms with Crippen molar-refractivity contribution in [3.05, 3.63) is 35.9 Å². The van der Waals surface area contributed by atoms with Crippen molar-refractivity contribution < 1.29 is 24.2 Å². The van der Waals surface area contributed by atoms with Crippen molar-refractivity contribution in [2.75, 3.05) is 0 Å². The molecule has 26 heavy (non-hydrogen) atoms. The van der Waals surface area contributed by atoms with E-state index >= 15 is 0 Å². The number of aliphatic hydroxyl groups is 1. The highest BCUT2D eigenvalue weighted by molar-refractivity contribution is 5.68. The van der Waals surface area contributed by atoms with Crippen molar-refractivity contribution in [1.29, 1.82) is 0 Å². The maximum atomic E-state index is 11.9. The van der Waals surface area contributed by atoms with Crippen molar-refractivity contribution >= 4 is 12.2 Å². The van der Waals surface area contributed by atoms with E-state index in [4.69, 9.17) is 9.47 Å². The summed E-state index contributed by atoms with van der Waals surface area (Å²) >= 11 is 0. The summed E-state index contributed by atoms with van der Waals surface area (Å²) in [6.07, 6.45) is -1.08. The molecular weight excluding hydrogens is 336 g/mol. The Balaban J connectivity index is 1.72. The van der Waals surface area contributed by atoms with Crippen LogP contribution < -0.4 is 10.6 Å². The Morgan fingerprint density at radius 3 is 2.46 bits per heavy atom. The number of nitrogens with one attached hydrogen (secondary N) is 2. The summed E-state index contributed by atoms with van der Waals surface area (Å²) in [6, 6.07) is 9.30. The van der Waals surface area contributed by atoms with Gasteiger partial charge >= 0.3 is 12.2 Å². The zero-order valence-electron chi connectivity index (χ0n) is 15.5. The highest BCUT2D eigenvalue weighted by Crippen LogP contribution is 2.22. The zero-order valence-corrected chi connectivity index (χ0v) is 15.5. The van der Waals surface area contributed by atoms with Gasteiger partial charge in [-0.1, -0.05) is 30.3 Å². The Morgan fingerprint density at radius 2 is 1.85 bits per heavy atom. The van der Waals surface area contributed by atoms with Gasteiger partial charge in [0.25, 0.3) is 0 Å². The van der Waals surface area contributed by atoms with Crippen LogP contribution in [0.4, 0.5) is 9.59 Å². The molecule has 1 fully saturated rings. The second-order valence-corrected chi connectivity index (χ2v) is 7.51. The van der Waals surface area contributed by atoms with Crippen LogP contribution >= 0.6 is 0 Å². The van der Waals surface area contributed by atoms with Crippen LogP contribution in [-0.2, 0) is 16.0 Å². The van der Waals surface area contributed by atoms with Gasteiger partial charge in [-0.3, -0.25) is 0 Å². The Kier molecular flexibility index (Phi) is 6.85. The molecule has 0 spiro atoms. The lowest BCUT2D eigenvalue weighted by molar-refractivity contribution is -0.0304. The minimum Gasteiger partial charge on any atom is -0.444 e. The summed E-state index contributed by atoms with van der Waals surface area (Å²) in [5, 5.41) is 15.6. The van der Waals surface area contributed by atoms with E-state index in [9.17, 15) is 14.7 Å². The summed E-state index contributed by atoms with van der Waals surface area (Å²) in [4.78, 5) is 23.7. The van der Waals surface area contributed by atoms with Crippen LogP contribution in [0.15, 0.2) is 30.3 Å². The first kappa shape index (κ1) is 20.0.